The largest absolute Gasteiger partial charge is 0.389 e. The van der Waals surface area contributed by atoms with Crippen LogP contribution in [-0.2, 0) is 4.74 Å². The van der Waals surface area contributed by atoms with Crippen molar-refractivity contribution in [2.24, 2.45) is 5.73 Å². The number of thiocarbonyl (C=S) groups is 1. The second kappa shape index (κ2) is 4.78. The van der Waals surface area contributed by atoms with Crippen LogP contribution >= 0.6 is 12.2 Å². The van der Waals surface area contributed by atoms with Crippen molar-refractivity contribution in [3.63, 3.8) is 0 Å². The SMILES string of the molecule is Cc1ncc(C(N)=S)c(N2CCOC(C)(C)C2)n1. The van der Waals surface area contributed by atoms with Crippen LogP contribution in [0.25, 0.3) is 0 Å². The monoisotopic (exact) mass is 266 g/mol. The van der Waals surface area contributed by atoms with Crippen molar-refractivity contribution in [3.8, 4) is 0 Å². The Bertz CT molecular complexity index is 475. The highest BCUT2D eigenvalue weighted by atomic mass is 32.1. The normalized spacial score (nSPS) is 18.7. The Hall–Kier alpha value is -1.27. The highest BCUT2D eigenvalue weighted by Crippen LogP contribution is 2.24. The van der Waals surface area contributed by atoms with Crippen LogP contribution in [0.15, 0.2) is 6.20 Å². The Morgan fingerprint density at radius 1 is 1.56 bits per heavy atom. The van der Waals surface area contributed by atoms with E-state index in [4.69, 9.17) is 22.7 Å². The van der Waals surface area contributed by atoms with Gasteiger partial charge >= 0.3 is 0 Å². The minimum absolute atomic E-state index is 0.190. The maximum Gasteiger partial charge on any atom is 0.142 e. The van der Waals surface area contributed by atoms with Crippen LogP contribution in [-0.4, -0.2) is 40.3 Å². The molecule has 0 spiro atoms. The fraction of sp³-hybridized carbons (Fsp3) is 0.583. The van der Waals surface area contributed by atoms with E-state index < -0.39 is 0 Å². The average Bonchev–Trinajstić information content (AvgIpc) is 2.27. The van der Waals surface area contributed by atoms with Crippen LogP contribution in [0.1, 0.15) is 25.2 Å². The number of nitrogens with two attached hydrogens (primary N) is 1. The summed E-state index contributed by atoms with van der Waals surface area (Å²) >= 11 is 5.06. The molecule has 2 N–H and O–H groups in total. The molecule has 18 heavy (non-hydrogen) atoms. The summed E-state index contributed by atoms with van der Waals surface area (Å²) in [4.78, 5) is 11.1. The minimum atomic E-state index is -0.190. The second-order valence-electron chi connectivity index (χ2n) is 5.05. The topological polar surface area (TPSA) is 64.3 Å². The van der Waals surface area contributed by atoms with Gasteiger partial charge in [-0.15, -0.1) is 0 Å². The van der Waals surface area contributed by atoms with E-state index in [-0.39, 0.29) is 5.60 Å². The van der Waals surface area contributed by atoms with E-state index in [9.17, 15) is 0 Å². The molecule has 2 rings (SSSR count). The van der Waals surface area contributed by atoms with Gasteiger partial charge in [0.2, 0.25) is 0 Å². The molecule has 98 valence electrons. The smallest absolute Gasteiger partial charge is 0.142 e. The summed E-state index contributed by atoms with van der Waals surface area (Å²) in [6, 6.07) is 0. The highest BCUT2D eigenvalue weighted by Gasteiger charge is 2.29. The van der Waals surface area contributed by atoms with Crippen LogP contribution in [0.5, 0.6) is 0 Å². The molecule has 0 atom stereocenters. The van der Waals surface area contributed by atoms with Gasteiger partial charge in [0.05, 0.1) is 17.8 Å². The van der Waals surface area contributed by atoms with E-state index in [1.54, 1.807) is 6.20 Å². The third kappa shape index (κ3) is 2.76. The van der Waals surface area contributed by atoms with Crippen LogP contribution in [0, 0.1) is 6.92 Å². The van der Waals surface area contributed by atoms with Gasteiger partial charge in [-0.05, 0) is 20.8 Å². The van der Waals surface area contributed by atoms with Crippen LogP contribution in [0.2, 0.25) is 0 Å². The van der Waals surface area contributed by atoms with E-state index >= 15 is 0 Å². The molecule has 1 aromatic rings. The average molecular weight is 266 g/mol. The molecule has 0 amide bonds. The van der Waals surface area contributed by atoms with Crippen LogP contribution < -0.4 is 10.6 Å². The molecule has 0 unspecified atom stereocenters. The van der Waals surface area contributed by atoms with E-state index in [2.05, 4.69) is 28.7 Å². The Kier molecular flexibility index (Phi) is 3.49. The third-order valence-corrected chi connectivity index (χ3v) is 3.10. The molecule has 1 aliphatic heterocycles. The number of hydrogen-bond acceptors (Lipinski definition) is 5. The molecule has 6 heteroatoms. The van der Waals surface area contributed by atoms with Gasteiger partial charge in [-0.1, -0.05) is 12.2 Å². The minimum Gasteiger partial charge on any atom is -0.389 e. The molecular weight excluding hydrogens is 248 g/mol. The van der Waals surface area contributed by atoms with Crippen molar-refractivity contribution < 1.29 is 4.74 Å². The predicted molar refractivity (Wildman–Crippen MR) is 74.9 cm³/mol. The number of aromatic nitrogens is 2. The quantitative estimate of drug-likeness (QED) is 0.807. The van der Waals surface area contributed by atoms with Gasteiger partial charge in [-0.25, -0.2) is 9.97 Å². The summed E-state index contributed by atoms with van der Waals surface area (Å²) in [7, 11) is 0. The van der Waals surface area contributed by atoms with E-state index in [0.29, 0.717) is 17.4 Å². The number of anilines is 1. The number of morpholine rings is 1. The van der Waals surface area contributed by atoms with Crippen LogP contribution in [0.4, 0.5) is 5.82 Å². The maximum atomic E-state index is 5.73. The van der Waals surface area contributed by atoms with Gasteiger partial charge in [0.25, 0.3) is 0 Å². The van der Waals surface area contributed by atoms with Crippen molar-refractivity contribution in [2.45, 2.75) is 26.4 Å². The maximum absolute atomic E-state index is 5.73. The zero-order valence-corrected chi connectivity index (χ0v) is 11.8. The molecule has 1 fully saturated rings. The van der Waals surface area contributed by atoms with Gasteiger partial charge in [-0.2, -0.15) is 0 Å². The number of aryl methyl sites for hydroxylation is 1. The van der Waals surface area contributed by atoms with Crippen molar-refractivity contribution in [1.29, 1.82) is 0 Å². The van der Waals surface area contributed by atoms with Crippen molar-refractivity contribution in [3.05, 3.63) is 17.6 Å². The number of hydrogen-bond donors (Lipinski definition) is 1. The standard InChI is InChI=1S/C12H18N4OS/c1-8-14-6-9(10(13)18)11(15-8)16-4-5-17-12(2,3)7-16/h6H,4-5,7H2,1-3H3,(H2,13,18). The van der Waals surface area contributed by atoms with Crippen LogP contribution in [0.3, 0.4) is 0 Å². The van der Waals surface area contributed by atoms with Gasteiger partial charge in [-0.3, -0.25) is 0 Å². The van der Waals surface area contributed by atoms with E-state index in [1.807, 2.05) is 6.92 Å². The lowest BCUT2D eigenvalue weighted by Crippen LogP contribution is -2.49. The first-order valence-corrected chi connectivity index (χ1v) is 6.32. The molecular formula is C12H18N4OS. The highest BCUT2D eigenvalue weighted by molar-refractivity contribution is 7.80. The summed E-state index contributed by atoms with van der Waals surface area (Å²) in [6.45, 7) is 8.21. The van der Waals surface area contributed by atoms with E-state index in [0.717, 1.165) is 24.5 Å². The summed E-state index contributed by atoms with van der Waals surface area (Å²) in [5.41, 5.74) is 6.27. The molecule has 0 bridgehead atoms. The lowest BCUT2D eigenvalue weighted by Gasteiger charge is -2.39. The Morgan fingerprint density at radius 2 is 2.28 bits per heavy atom. The summed E-state index contributed by atoms with van der Waals surface area (Å²) in [6.07, 6.45) is 1.70. The Balaban J connectivity index is 2.37. The zero-order valence-electron chi connectivity index (χ0n) is 10.9. The summed E-state index contributed by atoms with van der Waals surface area (Å²) in [5.74, 6) is 1.53. The molecule has 0 saturated carbocycles. The Labute approximate surface area is 112 Å². The fourth-order valence-electron chi connectivity index (χ4n) is 2.07. The van der Waals surface area contributed by atoms with Gasteiger partial charge in [0, 0.05) is 19.3 Å². The molecule has 0 aromatic carbocycles. The number of ether oxygens (including phenoxy) is 1. The van der Waals surface area contributed by atoms with Gasteiger partial charge < -0.3 is 15.4 Å². The molecule has 1 aliphatic rings. The molecule has 1 saturated heterocycles. The first-order valence-electron chi connectivity index (χ1n) is 5.91. The molecule has 0 aliphatic carbocycles. The number of rotatable bonds is 2. The lowest BCUT2D eigenvalue weighted by atomic mass is 10.1. The third-order valence-electron chi connectivity index (χ3n) is 2.88. The van der Waals surface area contributed by atoms with E-state index in [1.165, 1.54) is 0 Å². The molecule has 5 nitrogen and oxygen atoms in total. The first-order chi connectivity index (χ1) is 8.39. The van der Waals surface area contributed by atoms with Crippen molar-refractivity contribution in [1.82, 2.24) is 9.97 Å². The molecule has 2 heterocycles. The second-order valence-corrected chi connectivity index (χ2v) is 5.49. The Morgan fingerprint density at radius 3 is 2.89 bits per heavy atom. The summed E-state index contributed by atoms with van der Waals surface area (Å²) < 4.78 is 5.70. The zero-order chi connectivity index (χ0) is 13.3. The van der Waals surface area contributed by atoms with Crippen molar-refractivity contribution in [2.75, 3.05) is 24.6 Å². The summed E-state index contributed by atoms with van der Waals surface area (Å²) in [5, 5.41) is 0. The van der Waals surface area contributed by atoms with Gasteiger partial charge in [0.1, 0.15) is 16.6 Å². The van der Waals surface area contributed by atoms with Crippen molar-refractivity contribution >= 4 is 23.0 Å². The lowest BCUT2D eigenvalue weighted by molar-refractivity contribution is -0.0279. The predicted octanol–water partition coefficient (Wildman–Crippen LogP) is 1.03. The fourth-order valence-corrected chi connectivity index (χ4v) is 2.21. The molecule has 1 aromatic heterocycles. The first kappa shape index (κ1) is 13.2. The van der Waals surface area contributed by atoms with Gasteiger partial charge in [0.15, 0.2) is 0 Å². The number of nitrogens with zero attached hydrogens (tertiary/aromatic N) is 3. The molecule has 0 radical (unpaired) electrons.